The highest BCUT2D eigenvalue weighted by Gasteiger charge is 2.32. The maximum Gasteiger partial charge on any atom is 0.225 e. The molecule has 0 saturated carbocycles. The zero-order valence-electron chi connectivity index (χ0n) is 12.6. The quantitative estimate of drug-likeness (QED) is 0.916. The summed E-state index contributed by atoms with van der Waals surface area (Å²) in [6.45, 7) is 2.56. The van der Waals surface area contributed by atoms with Crippen molar-refractivity contribution >= 4 is 16.0 Å². The summed E-state index contributed by atoms with van der Waals surface area (Å²) in [5, 5.41) is 4.58. The lowest BCUT2D eigenvalue weighted by atomic mass is 10.1. The fraction of sp³-hybridized carbons (Fsp3) is 0.333. The molecule has 2 heterocycles. The minimum absolute atomic E-state index is 0.249. The smallest absolute Gasteiger partial charge is 0.225 e. The van der Waals surface area contributed by atoms with Crippen molar-refractivity contribution in [1.82, 2.24) is 9.97 Å². The van der Waals surface area contributed by atoms with E-state index in [0.717, 1.165) is 5.56 Å². The summed E-state index contributed by atoms with van der Waals surface area (Å²) in [5.41, 5.74) is 1.66. The monoisotopic (exact) mass is 336 g/mol. The molecule has 2 N–H and O–H groups in total. The maximum absolute atomic E-state index is 14.0. The average molecular weight is 336 g/mol. The standard InChI is InChI=1S/C15H17FN4O2S/c1-10-8-18-15(20-7-6-11(9-20)23(17,21)22)19-14(10)12-4-2-3-5-13(12)16/h2-5,8,11H,6-7,9H2,1H3,(H2,17,21,22). The zero-order chi connectivity index (χ0) is 16.6. The third-order valence-electron chi connectivity index (χ3n) is 3.98. The first-order chi connectivity index (χ1) is 10.9. The van der Waals surface area contributed by atoms with Gasteiger partial charge in [-0.15, -0.1) is 0 Å². The van der Waals surface area contributed by atoms with Crippen LogP contribution in [0.4, 0.5) is 10.3 Å². The topological polar surface area (TPSA) is 89.2 Å². The number of hydrogen-bond acceptors (Lipinski definition) is 5. The van der Waals surface area contributed by atoms with Crippen LogP contribution in [0.1, 0.15) is 12.0 Å². The lowest BCUT2D eigenvalue weighted by Gasteiger charge is -2.17. The van der Waals surface area contributed by atoms with Crippen LogP contribution in [0.2, 0.25) is 0 Å². The largest absolute Gasteiger partial charge is 0.339 e. The van der Waals surface area contributed by atoms with Gasteiger partial charge in [0.1, 0.15) is 5.82 Å². The number of benzene rings is 1. The number of halogens is 1. The summed E-state index contributed by atoms with van der Waals surface area (Å²) in [6, 6.07) is 6.40. The summed E-state index contributed by atoms with van der Waals surface area (Å²) in [6.07, 6.45) is 2.06. The van der Waals surface area contributed by atoms with Crippen molar-refractivity contribution in [2.24, 2.45) is 5.14 Å². The maximum atomic E-state index is 14.0. The van der Waals surface area contributed by atoms with E-state index >= 15 is 0 Å². The number of primary sulfonamides is 1. The number of aromatic nitrogens is 2. The van der Waals surface area contributed by atoms with Gasteiger partial charge < -0.3 is 4.90 Å². The van der Waals surface area contributed by atoms with Crippen molar-refractivity contribution in [3.05, 3.63) is 41.8 Å². The minimum atomic E-state index is -3.58. The van der Waals surface area contributed by atoms with E-state index in [2.05, 4.69) is 9.97 Å². The molecule has 1 fully saturated rings. The van der Waals surface area contributed by atoms with E-state index in [0.29, 0.717) is 30.2 Å². The van der Waals surface area contributed by atoms with Gasteiger partial charge in [-0.25, -0.2) is 27.9 Å². The van der Waals surface area contributed by atoms with Gasteiger partial charge in [0.05, 0.1) is 10.9 Å². The highest BCUT2D eigenvalue weighted by Crippen LogP contribution is 2.27. The molecule has 122 valence electrons. The molecule has 1 aliphatic rings. The molecule has 0 radical (unpaired) electrons. The summed E-state index contributed by atoms with van der Waals surface area (Å²) >= 11 is 0. The van der Waals surface area contributed by atoms with Gasteiger partial charge >= 0.3 is 0 Å². The van der Waals surface area contributed by atoms with Gasteiger partial charge in [0, 0.05) is 24.8 Å². The Morgan fingerprint density at radius 1 is 1.35 bits per heavy atom. The van der Waals surface area contributed by atoms with Gasteiger partial charge in [0.2, 0.25) is 16.0 Å². The van der Waals surface area contributed by atoms with Gasteiger partial charge in [-0.2, -0.15) is 0 Å². The van der Waals surface area contributed by atoms with Crippen LogP contribution in [0, 0.1) is 12.7 Å². The predicted octanol–water partition coefficient (Wildman–Crippen LogP) is 1.46. The molecule has 3 rings (SSSR count). The average Bonchev–Trinajstić information content (AvgIpc) is 2.99. The Hall–Kier alpha value is -2.06. The third-order valence-corrected chi connectivity index (χ3v) is 5.29. The predicted molar refractivity (Wildman–Crippen MR) is 85.9 cm³/mol. The lowest BCUT2D eigenvalue weighted by molar-refractivity contribution is 0.585. The number of hydrogen-bond donors (Lipinski definition) is 1. The number of sulfonamides is 1. The Labute approximate surface area is 134 Å². The van der Waals surface area contributed by atoms with E-state index in [-0.39, 0.29) is 12.4 Å². The Balaban J connectivity index is 1.95. The highest BCUT2D eigenvalue weighted by atomic mass is 32.2. The minimum Gasteiger partial charge on any atom is -0.339 e. The molecular formula is C15H17FN4O2S. The molecule has 1 saturated heterocycles. The fourth-order valence-corrected chi connectivity index (χ4v) is 3.51. The van der Waals surface area contributed by atoms with Crippen LogP contribution in [0.3, 0.4) is 0 Å². The van der Waals surface area contributed by atoms with Gasteiger partial charge in [-0.3, -0.25) is 0 Å². The molecule has 1 atom stereocenters. The first-order valence-corrected chi connectivity index (χ1v) is 8.82. The van der Waals surface area contributed by atoms with Crippen molar-refractivity contribution in [3.8, 4) is 11.3 Å². The normalized spacial score (nSPS) is 18.4. The van der Waals surface area contributed by atoms with Crippen molar-refractivity contribution in [2.75, 3.05) is 18.0 Å². The van der Waals surface area contributed by atoms with E-state index in [1.54, 1.807) is 29.3 Å². The molecule has 0 bridgehead atoms. The number of aryl methyl sites for hydroxylation is 1. The molecule has 0 amide bonds. The summed E-state index contributed by atoms with van der Waals surface area (Å²) in [5.74, 6) is 0.0316. The second kappa shape index (κ2) is 5.86. The third kappa shape index (κ3) is 3.18. The number of nitrogens with zero attached hydrogens (tertiary/aromatic N) is 3. The molecule has 1 aromatic carbocycles. The summed E-state index contributed by atoms with van der Waals surface area (Å²) < 4.78 is 36.9. The Kier molecular flexibility index (Phi) is 4.03. The van der Waals surface area contributed by atoms with Crippen LogP contribution in [0.15, 0.2) is 30.5 Å². The number of rotatable bonds is 3. The number of nitrogens with two attached hydrogens (primary N) is 1. The summed E-state index contributed by atoms with van der Waals surface area (Å²) in [7, 11) is -3.58. The van der Waals surface area contributed by atoms with Gasteiger partial charge in [0.25, 0.3) is 0 Å². The first-order valence-electron chi connectivity index (χ1n) is 7.21. The van der Waals surface area contributed by atoms with E-state index in [9.17, 15) is 12.8 Å². The molecular weight excluding hydrogens is 319 g/mol. The molecule has 23 heavy (non-hydrogen) atoms. The lowest BCUT2D eigenvalue weighted by Crippen LogP contribution is -2.32. The first kappa shape index (κ1) is 15.8. The van der Waals surface area contributed by atoms with Crippen LogP contribution < -0.4 is 10.0 Å². The van der Waals surface area contributed by atoms with Gasteiger partial charge in [0.15, 0.2) is 0 Å². The molecule has 1 aromatic heterocycles. The van der Waals surface area contributed by atoms with E-state index in [1.165, 1.54) is 6.07 Å². The van der Waals surface area contributed by atoms with Crippen LogP contribution >= 0.6 is 0 Å². The van der Waals surface area contributed by atoms with Crippen molar-refractivity contribution in [2.45, 2.75) is 18.6 Å². The molecule has 1 unspecified atom stereocenters. The van der Waals surface area contributed by atoms with E-state index in [4.69, 9.17) is 5.14 Å². The van der Waals surface area contributed by atoms with E-state index < -0.39 is 15.3 Å². The fourth-order valence-electron chi connectivity index (χ4n) is 2.69. The van der Waals surface area contributed by atoms with Crippen molar-refractivity contribution < 1.29 is 12.8 Å². The van der Waals surface area contributed by atoms with Gasteiger partial charge in [-0.05, 0) is 31.0 Å². The van der Waals surface area contributed by atoms with Gasteiger partial charge in [-0.1, -0.05) is 12.1 Å². The van der Waals surface area contributed by atoms with Crippen molar-refractivity contribution in [3.63, 3.8) is 0 Å². The van der Waals surface area contributed by atoms with Crippen LogP contribution in [-0.2, 0) is 10.0 Å². The Morgan fingerprint density at radius 3 is 2.74 bits per heavy atom. The Morgan fingerprint density at radius 2 is 2.09 bits per heavy atom. The van der Waals surface area contributed by atoms with Crippen LogP contribution in [0.25, 0.3) is 11.3 Å². The van der Waals surface area contributed by atoms with Crippen molar-refractivity contribution in [1.29, 1.82) is 0 Å². The zero-order valence-corrected chi connectivity index (χ0v) is 13.4. The Bertz CT molecular complexity index is 841. The van der Waals surface area contributed by atoms with Crippen LogP contribution in [-0.4, -0.2) is 36.7 Å². The SMILES string of the molecule is Cc1cnc(N2CCC(S(N)(=O)=O)C2)nc1-c1ccccc1F. The van der Waals surface area contributed by atoms with Crippen LogP contribution in [0.5, 0.6) is 0 Å². The molecule has 2 aromatic rings. The molecule has 0 spiro atoms. The highest BCUT2D eigenvalue weighted by molar-refractivity contribution is 7.89. The number of anilines is 1. The van der Waals surface area contributed by atoms with E-state index in [1.807, 2.05) is 6.92 Å². The summed E-state index contributed by atoms with van der Waals surface area (Å²) in [4.78, 5) is 10.5. The molecule has 0 aliphatic carbocycles. The second-order valence-electron chi connectivity index (χ2n) is 5.63. The molecule has 8 heteroatoms. The molecule has 6 nitrogen and oxygen atoms in total. The molecule has 1 aliphatic heterocycles. The second-order valence-corrected chi connectivity index (χ2v) is 7.47.